The van der Waals surface area contributed by atoms with Crippen molar-refractivity contribution in [2.24, 2.45) is 5.73 Å². The fourth-order valence-electron chi connectivity index (χ4n) is 1.67. The van der Waals surface area contributed by atoms with Crippen molar-refractivity contribution >= 4 is 32.5 Å². The molecule has 1 unspecified atom stereocenters. The first kappa shape index (κ1) is 19.8. The molecule has 2 aromatic rings. The predicted octanol–water partition coefficient (Wildman–Crippen LogP) is 2.78. The van der Waals surface area contributed by atoms with E-state index in [1.165, 1.54) is 12.1 Å². The van der Waals surface area contributed by atoms with Crippen molar-refractivity contribution in [3.63, 3.8) is 0 Å². The van der Waals surface area contributed by atoms with Crippen LogP contribution in [-0.2, 0) is 27.5 Å². The fourth-order valence-corrected chi connectivity index (χ4v) is 3.21. The van der Waals surface area contributed by atoms with Crippen LogP contribution in [0.4, 0.5) is 0 Å². The molecule has 0 aliphatic heterocycles. The summed E-state index contributed by atoms with van der Waals surface area (Å²) >= 11 is 5.74. The molecule has 0 radical (unpaired) electrons. The van der Waals surface area contributed by atoms with Gasteiger partial charge in [-0.25, -0.2) is 0 Å². The lowest BCUT2D eigenvalue weighted by Gasteiger charge is -2.04. The smallest absolute Gasteiger partial charge is 0.294 e. The van der Waals surface area contributed by atoms with E-state index in [-0.39, 0.29) is 4.90 Å². The predicted molar refractivity (Wildman–Crippen MR) is 92.7 cm³/mol. The summed E-state index contributed by atoms with van der Waals surface area (Å²) in [5, 5.41) is 0.595. The van der Waals surface area contributed by atoms with Crippen LogP contribution in [0.2, 0.25) is 5.02 Å². The van der Waals surface area contributed by atoms with Crippen molar-refractivity contribution in [1.29, 1.82) is 0 Å². The molecular formula is C15H18ClNO4S2. The Morgan fingerprint density at radius 1 is 1.17 bits per heavy atom. The van der Waals surface area contributed by atoms with Gasteiger partial charge in [0, 0.05) is 22.7 Å². The summed E-state index contributed by atoms with van der Waals surface area (Å²) in [5.74, 6) is 0. The summed E-state index contributed by atoms with van der Waals surface area (Å²) in [4.78, 5) is 0.660. The zero-order valence-corrected chi connectivity index (χ0v) is 15.1. The molecule has 5 nitrogen and oxygen atoms in total. The van der Waals surface area contributed by atoms with E-state index >= 15 is 0 Å². The maximum atomic E-state index is 11.2. The largest absolute Gasteiger partial charge is 0.326 e. The summed E-state index contributed by atoms with van der Waals surface area (Å²) in [5.41, 5.74) is 7.31. The lowest BCUT2D eigenvalue weighted by molar-refractivity contribution is 0.483. The molecule has 0 saturated carbocycles. The van der Waals surface area contributed by atoms with Crippen LogP contribution >= 0.6 is 11.6 Å². The van der Waals surface area contributed by atoms with E-state index in [9.17, 15) is 12.6 Å². The standard InChI is InChI=1S/C8H10ClNOS.C7H8O3S/c1-12(11)8-4-7(9)3-2-6(8)5-10;1-6-2-4-7(5-3-6)11(8,9)10/h2-4H,5,10H2,1H3;2-5H,1H3,(H,8,9,10). The van der Waals surface area contributed by atoms with Crippen LogP contribution < -0.4 is 5.73 Å². The van der Waals surface area contributed by atoms with Crippen LogP contribution in [0.5, 0.6) is 0 Å². The molecular weight excluding hydrogens is 358 g/mol. The maximum absolute atomic E-state index is 11.2. The van der Waals surface area contributed by atoms with Crippen LogP contribution in [-0.4, -0.2) is 23.4 Å². The second-order valence-electron chi connectivity index (χ2n) is 4.70. The molecule has 0 bridgehead atoms. The molecule has 0 spiro atoms. The van der Waals surface area contributed by atoms with Crippen molar-refractivity contribution in [3.8, 4) is 0 Å². The number of aryl methyl sites for hydroxylation is 1. The first-order valence-electron chi connectivity index (χ1n) is 6.51. The third-order valence-corrected chi connectivity index (χ3v) is 4.98. The quantitative estimate of drug-likeness (QED) is 0.804. The van der Waals surface area contributed by atoms with Crippen molar-refractivity contribution in [1.82, 2.24) is 0 Å². The molecule has 1 atom stereocenters. The average Bonchev–Trinajstić information content (AvgIpc) is 2.47. The van der Waals surface area contributed by atoms with Gasteiger partial charge in [0.1, 0.15) is 0 Å². The summed E-state index contributed by atoms with van der Waals surface area (Å²) in [7, 11) is -5.03. The topological polar surface area (TPSA) is 97.5 Å². The van der Waals surface area contributed by atoms with Crippen LogP contribution in [0.15, 0.2) is 52.3 Å². The Hall–Kier alpha value is -1.25. The van der Waals surface area contributed by atoms with Crippen LogP contribution in [0.25, 0.3) is 0 Å². The van der Waals surface area contributed by atoms with Crippen LogP contribution in [0, 0.1) is 6.92 Å². The van der Waals surface area contributed by atoms with Gasteiger partial charge in [-0.2, -0.15) is 8.42 Å². The molecule has 0 fully saturated rings. The van der Waals surface area contributed by atoms with E-state index < -0.39 is 20.9 Å². The summed E-state index contributed by atoms with van der Waals surface area (Å²) in [6.07, 6.45) is 1.62. The van der Waals surface area contributed by atoms with Crippen molar-refractivity contribution in [2.45, 2.75) is 23.3 Å². The van der Waals surface area contributed by atoms with E-state index in [2.05, 4.69) is 0 Å². The van der Waals surface area contributed by atoms with Gasteiger partial charge in [-0.05, 0) is 36.8 Å². The highest BCUT2D eigenvalue weighted by Gasteiger charge is 2.07. The lowest BCUT2D eigenvalue weighted by Crippen LogP contribution is -2.02. The van der Waals surface area contributed by atoms with E-state index in [1.807, 2.05) is 6.92 Å². The Kier molecular flexibility index (Phi) is 7.37. The normalized spacial score (nSPS) is 12.2. The number of nitrogens with two attached hydrogens (primary N) is 1. The molecule has 126 valence electrons. The molecule has 2 aromatic carbocycles. The second kappa shape index (κ2) is 8.56. The second-order valence-corrected chi connectivity index (χ2v) is 7.90. The molecule has 0 aromatic heterocycles. The summed E-state index contributed by atoms with van der Waals surface area (Å²) in [6.45, 7) is 2.24. The van der Waals surface area contributed by atoms with Crippen molar-refractivity contribution < 1.29 is 17.2 Å². The van der Waals surface area contributed by atoms with Gasteiger partial charge in [0.05, 0.1) is 15.7 Å². The minimum atomic E-state index is -4.02. The molecule has 2 rings (SSSR count). The molecule has 0 heterocycles. The third-order valence-electron chi connectivity index (χ3n) is 2.88. The van der Waals surface area contributed by atoms with Gasteiger partial charge in [-0.1, -0.05) is 35.4 Å². The van der Waals surface area contributed by atoms with Crippen molar-refractivity contribution in [2.75, 3.05) is 6.26 Å². The minimum Gasteiger partial charge on any atom is -0.326 e. The van der Waals surface area contributed by atoms with Gasteiger partial charge in [0.25, 0.3) is 10.1 Å². The molecule has 3 N–H and O–H groups in total. The SMILES string of the molecule is CS(=O)c1cc(Cl)ccc1CN.Cc1ccc(S(=O)(=O)O)cc1. The van der Waals surface area contributed by atoms with E-state index in [1.54, 1.807) is 36.6 Å². The van der Waals surface area contributed by atoms with Gasteiger partial charge >= 0.3 is 0 Å². The number of halogens is 1. The first-order chi connectivity index (χ1) is 10.6. The van der Waals surface area contributed by atoms with Crippen molar-refractivity contribution in [3.05, 3.63) is 58.6 Å². The zero-order valence-electron chi connectivity index (χ0n) is 12.7. The average molecular weight is 376 g/mol. The van der Waals surface area contributed by atoms with Gasteiger partial charge in [0.2, 0.25) is 0 Å². The molecule has 0 aliphatic rings. The number of hydrogen-bond acceptors (Lipinski definition) is 4. The monoisotopic (exact) mass is 375 g/mol. The number of rotatable bonds is 3. The van der Waals surface area contributed by atoms with Gasteiger partial charge < -0.3 is 5.73 Å². The number of hydrogen-bond donors (Lipinski definition) is 2. The lowest BCUT2D eigenvalue weighted by atomic mass is 10.2. The first-order valence-corrected chi connectivity index (χ1v) is 9.89. The number of benzene rings is 2. The molecule has 0 aliphatic carbocycles. The highest BCUT2D eigenvalue weighted by Crippen LogP contribution is 2.18. The Bertz CT molecular complexity index is 790. The molecule has 8 heteroatoms. The Balaban J connectivity index is 0.000000231. The Labute approximate surface area is 143 Å². The Morgan fingerprint density at radius 2 is 1.74 bits per heavy atom. The van der Waals surface area contributed by atoms with E-state index in [0.29, 0.717) is 11.6 Å². The van der Waals surface area contributed by atoms with Crippen LogP contribution in [0.1, 0.15) is 11.1 Å². The van der Waals surface area contributed by atoms with Gasteiger partial charge in [-0.3, -0.25) is 8.76 Å². The third kappa shape index (κ3) is 6.40. The van der Waals surface area contributed by atoms with Crippen LogP contribution in [0.3, 0.4) is 0 Å². The maximum Gasteiger partial charge on any atom is 0.294 e. The highest BCUT2D eigenvalue weighted by atomic mass is 35.5. The Morgan fingerprint density at radius 3 is 2.17 bits per heavy atom. The highest BCUT2D eigenvalue weighted by molar-refractivity contribution is 7.85. The zero-order chi connectivity index (χ0) is 17.6. The fraction of sp³-hybridized carbons (Fsp3) is 0.200. The van der Waals surface area contributed by atoms with E-state index in [4.69, 9.17) is 21.9 Å². The molecule has 0 saturated heterocycles. The van der Waals surface area contributed by atoms with E-state index in [0.717, 1.165) is 16.0 Å². The molecule has 0 amide bonds. The van der Waals surface area contributed by atoms with Gasteiger partial charge in [-0.15, -0.1) is 0 Å². The summed E-state index contributed by atoms with van der Waals surface area (Å²) in [6, 6.07) is 11.2. The summed E-state index contributed by atoms with van der Waals surface area (Å²) < 4.78 is 40.7. The van der Waals surface area contributed by atoms with Gasteiger partial charge in [0.15, 0.2) is 0 Å². The molecule has 23 heavy (non-hydrogen) atoms. The minimum absolute atomic E-state index is 0.0666.